The minimum absolute atomic E-state index is 0.808. The molecular formula is C2HF4NO2S2. The van der Waals surface area contributed by atoms with Gasteiger partial charge in [-0.25, -0.2) is 8.42 Å². The minimum Gasteiger partial charge on any atom is -0.205 e. The first kappa shape index (κ1) is 9.07. The Kier molecular flexibility index (Phi) is 1.66. The van der Waals surface area contributed by atoms with Crippen molar-refractivity contribution in [2.75, 3.05) is 0 Å². The molecular weight excluding hydrogens is 210 g/mol. The van der Waals surface area contributed by atoms with Crippen LogP contribution in [0.1, 0.15) is 0 Å². The Hall–Kier alpha value is -0.0200. The Labute approximate surface area is 63.3 Å². The molecule has 11 heavy (non-hydrogen) atoms. The zero-order valence-electron chi connectivity index (χ0n) is 4.64. The molecule has 1 N–H and O–H groups in total. The van der Waals surface area contributed by atoms with Gasteiger partial charge in [-0.3, -0.25) is 0 Å². The second-order valence-electron chi connectivity index (χ2n) is 1.72. The summed E-state index contributed by atoms with van der Waals surface area (Å²) < 4.78 is 69.4. The van der Waals surface area contributed by atoms with E-state index in [-0.39, 0.29) is 0 Å². The zero-order valence-corrected chi connectivity index (χ0v) is 6.28. The van der Waals surface area contributed by atoms with Crippen molar-refractivity contribution < 1.29 is 26.0 Å². The van der Waals surface area contributed by atoms with Crippen LogP contribution in [0.4, 0.5) is 17.6 Å². The van der Waals surface area contributed by atoms with E-state index in [0.717, 1.165) is 4.13 Å². The van der Waals surface area contributed by atoms with Crippen molar-refractivity contribution in [3.05, 3.63) is 0 Å². The van der Waals surface area contributed by atoms with Gasteiger partial charge >= 0.3 is 10.5 Å². The number of halogens is 4. The van der Waals surface area contributed by atoms with Gasteiger partial charge in [0.15, 0.2) is 0 Å². The van der Waals surface area contributed by atoms with Gasteiger partial charge in [-0.2, -0.15) is 17.6 Å². The van der Waals surface area contributed by atoms with Crippen molar-refractivity contribution >= 4 is 22.0 Å². The van der Waals surface area contributed by atoms with E-state index in [1.165, 1.54) is 0 Å². The van der Waals surface area contributed by atoms with E-state index >= 15 is 0 Å². The molecule has 1 saturated heterocycles. The molecule has 1 aliphatic rings. The van der Waals surface area contributed by atoms with Gasteiger partial charge in [0.1, 0.15) is 0 Å². The van der Waals surface area contributed by atoms with Crippen molar-refractivity contribution in [1.82, 2.24) is 4.13 Å². The maximum absolute atomic E-state index is 12.1. The van der Waals surface area contributed by atoms with Crippen LogP contribution in [-0.4, -0.2) is 18.9 Å². The van der Waals surface area contributed by atoms with Gasteiger partial charge in [-0.1, -0.05) is 0 Å². The molecule has 0 unspecified atom stereocenters. The number of nitrogens with one attached hydrogen (secondary N) is 1. The van der Waals surface area contributed by atoms with E-state index in [2.05, 4.69) is 0 Å². The Morgan fingerprint density at radius 2 is 1.64 bits per heavy atom. The lowest BCUT2D eigenvalue weighted by Gasteiger charge is -2.12. The quantitative estimate of drug-likeness (QED) is 0.475. The number of alkyl halides is 4. The molecule has 66 valence electrons. The highest BCUT2D eigenvalue weighted by molar-refractivity contribution is 8.13. The van der Waals surface area contributed by atoms with Crippen LogP contribution < -0.4 is 4.13 Å². The van der Waals surface area contributed by atoms with Gasteiger partial charge in [0.25, 0.3) is 10.0 Å². The SMILES string of the molecule is O=S1(=O)NSC(F)(F)C1(F)F. The average Bonchev–Trinajstić information content (AvgIpc) is 1.93. The first-order valence-electron chi connectivity index (χ1n) is 2.16. The molecule has 0 aromatic heterocycles. The molecule has 1 aliphatic heterocycles. The van der Waals surface area contributed by atoms with Crippen molar-refractivity contribution in [2.24, 2.45) is 0 Å². The summed E-state index contributed by atoms with van der Waals surface area (Å²) in [5.74, 6) is 0. The second-order valence-corrected chi connectivity index (χ2v) is 4.63. The van der Waals surface area contributed by atoms with Crippen LogP contribution in [0.5, 0.6) is 0 Å². The van der Waals surface area contributed by atoms with E-state index in [1.807, 2.05) is 0 Å². The van der Waals surface area contributed by atoms with Crippen molar-refractivity contribution in [3.63, 3.8) is 0 Å². The van der Waals surface area contributed by atoms with E-state index < -0.39 is 32.5 Å². The molecule has 1 rings (SSSR count). The van der Waals surface area contributed by atoms with Crippen molar-refractivity contribution in [3.8, 4) is 0 Å². The fourth-order valence-corrected chi connectivity index (χ4v) is 2.54. The highest BCUT2D eigenvalue weighted by Gasteiger charge is 2.72. The Bertz CT molecular complexity index is 272. The molecule has 0 aromatic rings. The first-order chi connectivity index (χ1) is 4.71. The van der Waals surface area contributed by atoms with Crippen LogP contribution in [0.25, 0.3) is 0 Å². The third kappa shape index (κ3) is 1.02. The molecule has 0 radical (unpaired) electrons. The third-order valence-electron chi connectivity index (χ3n) is 0.956. The highest BCUT2D eigenvalue weighted by Crippen LogP contribution is 2.50. The summed E-state index contributed by atoms with van der Waals surface area (Å²) in [6, 6.07) is 0. The molecule has 1 fully saturated rings. The van der Waals surface area contributed by atoms with Crippen LogP contribution in [-0.2, 0) is 10.0 Å². The van der Waals surface area contributed by atoms with Gasteiger partial charge in [0.05, 0.1) is 0 Å². The largest absolute Gasteiger partial charge is 0.432 e. The molecule has 0 bridgehead atoms. The topological polar surface area (TPSA) is 46.2 Å². The van der Waals surface area contributed by atoms with E-state index in [9.17, 15) is 26.0 Å². The molecule has 0 aliphatic carbocycles. The molecule has 0 saturated carbocycles. The normalized spacial score (nSPS) is 32.0. The summed E-state index contributed by atoms with van der Waals surface area (Å²) in [7, 11) is -5.20. The van der Waals surface area contributed by atoms with E-state index in [4.69, 9.17) is 0 Å². The first-order valence-corrected chi connectivity index (χ1v) is 4.46. The lowest BCUT2D eigenvalue weighted by molar-refractivity contribution is -0.0863. The lowest BCUT2D eigenvalue weighted by Crippen LogP contribution is -2.39. The summed E-state index contributed by atoms with van der Waals surface area (Å²) in [6.07, 6.45) is 0. The van der Waals surface area contributed by atoms with Gasteiger partial charge in [0.2, 0.25) is 0 Å². The molecule has 0 amide bonds. The average molecular weight is 211 g/mol. The highest BCUT2D eigenvalue weighted by atomic mass is 32.3. The molecule has 9 heteroatoms. The lowest BCUT2D eigenvalue weighted by atomic mass is 10.7. The number of sulfonamides is 1. The Balaban J connectivity index is 3.21. The van der Waals surface area contributed by atoms with Gasteiger partial charge in [0, 0.05) is 11.9 Å². The molecule has 0 spiro atoms. The smallest absolute Gasteiger partial charge is 0.205 e. The standard InChI is InChI=1S/C2HF4NO2S2/c3-1(4)2(5,6)11(8,9)7-10-1/h7H. The number of rotatable bonds is 0. The predicted molar refractivity (Wildman–Crippen MR) is 29.5 cm³/mol. The van der Waals surface area contributed by atoms with Crippen LogP contribution >= 0.6 is 11.9 Å². The van der Waals surface area contributed by atoms with Gasteiger partial charge in [-0.15, -0.1) is 4.13 Å². The number of hydrogen-bond donors (Lipinski definition) is 1. The van der Waals surface area contributed by atoms with Crippen LogP contribution in [0.15, 0.2) is 0 Å². The second kappa shape index (κ2) is 2.02. The molecule has 0 aromatic carbocycles. The fourth-order valence-electron chi connectivity index (χ4n) is 0.375. The maximum Gasteiger partial charge on any atom is 0.432 e. The summed E-state index contributed by atoms with van der Waals surface area (Å²) in [4.78, 5) is 0. The Morgan fingerprint density at radius 3 is 1.73 bits per heavy atom. The van der Waals surface area contributed by atoms with Crippen LogP contribution in [0.2, 0.25) is 0 Å². The molecule has 1 heterocycles. The van der Waals surface area contributed by atoms with E-state index in [0.29, 0.717) is 0 Å². The fraction of sp³-hybridized carbons (Fsp3) is 1.00. The number of hydrogen-bond acceptors (Lipinski definition) is 3. The zero-order chi connectivity index (χ0) is 8.91. The Morgan fingerprint density at radius 1 is 1.18 bits per heavy atom. The van der Waals surface area contributed by atoms with E-state index in [1.54, 1.807) is 0 Å². The van der Waals surface area contributed by atoms with Gasteiger partial charge in [-0.05, 0) is 0 Å². The van der Waals surface area contributed by atoms with Crippen molar-refractivity contribution in [1.29, 1.82) is 0 Å². The summed E-state index contributed by atoms with van der Waals surface area (Å²) in [5.41, 5.74) is 0. The monoisotopic (exact) mass is 211 g/mol. The van der Waals surface area contributed by atoms with Gasteiger partial charge < -0.3 is 0 Å². The van der Waals surface area contributed by atoms with Crippen molar-refractivity contribution in [2.45, 2.75) is 10.5 Å². The maximum atomic E-state index is 12.1. The molecule has 0 atom stereocenters. The predicted octanol–water partition coefficient (Wildman–Crippen LogP) is 0.753. The minimum atomic E-state index is -5.20. The van der Waals surface area contributed by atoms with Crippen LogP contribution in [0.3, 0.4) is 0 Å². The van der Waals surface area contributed by atoms with Crippen LogP contribution in [0, 0.1) is 0 Å². The third-order valence-corrected chi connectivity index (χ3v) is 3.74. The summed E-state index contributed by atoms with van der Waals surface area (Å²) in [5, 5.41) is -9.61. The summed E-state index contributed by atoms with van der Waals surface area (Å²) in [6.45, 7) is 0. The molecule has 3 nitrogen and oxygen atoms in total. The summed E-state index contributed by atoms with van der Waals surface area (Å²) >= 11 is -0.808.